The van der Waals surface area contributed by atoms with Crippen molar-refractivity contribution in [3.63, 3.8) is 0 Å². The normalized spacial score (nSPS) is 18.9. The molecule has 2 saturated heterocycles. The van der Waals surface area contributed by atoms with Gasteiger partial charge in [-0.05, 0) is 58.1 Å². The van der Waals surface area contributed by atoms with Crippen molar-refractivity contribution in [2.75, 3.05) is 26.3 Å². The number of nitrogens with zero attached hydrogens (tertiary/aromatic N) is 1. The van der Waals surface area contributed by atoms with Crippen molar-refractivity contribution in [2.24, 2.45) is 0 Å². The van der Waals surface area contributed by atoms with Crippen LogP contribution in [0.2, 0.25) is 0 Å². The molecule has 0 radical (unpaired) electrons. The van der Waals surface area contributed by atoms with Crippen molar-refractivity contribution in [2.45, 2.75) is 83.2 Å². The smallest absolute Gasteiger partial charge is 0.445 e. The zero-order valence-electron chi connectivity index (χ0n) is 25.7. The molecule has 2 N–H and O–H groups in total. The van der Waals surface area contributed by atoms with Crippen LogP contribution in [0.3, 0.4) is 0 Å². The number of morpholine rings is 1. The molecule has 2 aliphatic rings. The third-order valence-electron chi connectivity index (χ3n) is 8.31. The lowest BCUT2D eigenvalue weighted by molar-refractivity contribution is -0.138. The van der Waals surface area contributed by atoms with Crippen molar-refractivity contribution in [3.8, 4) is 0 Å². The van der Waals surface area contributed by atoms with Gasteiger partial charge in [-0.25, -0.2) is 4.79 Å². The van der Waals surface area contributed by atoms with E-state index in [0.717, 1.165) is 18.4 Å². The van der Waals surface area contributed by atoms with Gasteiger partial charge < -0.3 is 34.3 Å². The van der Waals surface area contributed by atoms with E-state index in [2.05, 4.69) is 22.8 Å². The first-order valence-electron chi connectivity index (χ1n) is 15.1. The molecule has 2 fully saturated rings. The number of nitrogens with one attached hydrogen (secondary N) is 2. The number of hydrogen-bond donors (Lipinski definition) is 2. The molecule has 0 spiro atoms. The van der Waals surface area contributed by atoms with Crippen molar-refractivity contribution < 1.29 is 33.2 Å². The van der Waals surface area contributed by atoms with E-state index in [1.54, 1.807) is 4.90 Å². The van der Waals surface area contributed by atoms with Crippen molar-refractivity contribution in [1.82, 2.24) is 15.5 Å². The molecular formula is C32H44BN3O7. The van der Waals surface area contributed by atoms with Gasteiger partial charge in [0.15, 0.2) is 0 Å². The summed E-state index contributed by atoms with van der Waals surface area (Å²) in [6.45, 7) is 9.61. The molecule has 0 aromatic heterocycles. The molecule has 2 heterocycles. The second-order valence-corrected chi connectivity index (χ2v) is 12.1. The fraction of sp³-hybridized carbons (Fsp3) is 0.531. The third-order valence-corrected chi connectivity index (χ3v) is 8.31. The van der Waals surface area contributed by atoms with Gasteiger partial charge in [0.25, 0.3) is 0 Å². The van der Waals surface area contributed by atoms with Crippen LogP contribution in [-0.4, -0.2) is 79.4 Å². The fourth-order valence-corrected chi connectivity index (χ4v) is 5.02. The summed E-state index contributed by atoms with van der Waals surface area (Å²) in [7, 11) is -0.703. The standard InChI is InChI=1S/C32H44BN3O7/c1-31(2)32(3,4)43-33(42-31)27(17-11-16-24-12-7-5-8-13-24)35-29(38)26(22-28(37)36-18-20-40-21-19-36)34-30(39)41-23-25-14-9-6-10-15-25/h5-10,12-15,26-27H,11,16-23H2,1-4H3,(H,34,39)(H,35,38)/t26-,27+/m1/s1. The minimum Gasteiger partial charge on any atom is -0.445 e. The maximum Gasteiger partial charge on any atom is 0.481 e. The largest absolute Gasteiger partial charge is 0.481 e. The van der Waals surface area contributed by atoms with Crippen molar-refractivity contribution in [3.05, 3.63) is 71.8 Å². The number of aryl methyl sites for hydroxylation is 1. The first kappa shape index (κ1) is 32.5. The highest BCUT2D eigenvalue weighted by molar-refractivity contribution is 6.48. The monoisotopic (exact) mass is 593 g/mol. The van der Waals surface area contributed by atoms with Gasteiger partial charge in [0, 0.05) is 13.1 Å². The number of rotatable bonds is 12. The Kier molecular flexibility index (Phi) is 11.2. The maximum atomic E-state index is 13.8. The Morgan fingerprint density at radius 3 is 2.07 bits per heavy atom. The Labute approximate surface area is 254 Å². The number of carbonyl (C=O) groups excluding carboxylic acids is 3. The van der Waals surface area contributed by atoms with E-state index in [4.69, 9.17) is 18.8 Å². The summed E-state index contributed by atoms with van der Waals surface area (Å²) in [6.07, 6.45) is 1.15. The molecule has 0 saturated carbocycles. The Bertz CT molecular complexity index is 1190. The molecule has 2 aromatic rings. The predicted molar refractivity (Wildman–Crippen MR) is 163 cm³/mol. The van der Waals surface area contributed by atoms with Gasteiger partial charge in [-0.3, -0.25) is 9.59 Å². The molecule has 4 rings (SSSR count). The van der Waals surface area contributed by atoms with Crippen molar-refractivity contribution >= 4 is 25.0 Å². The predicted octanol–water partition coefficient (Wildman–Crippen LogP) is 3.67. The molecule has 232 valence electrons. The molecule has 0 aliphatic carbocycles. The Morgan fingerprint density at radius 2 is 1.47 bits per heavy atom. The van der Waals surface area contributed by atoms with Crippen LogP contribution in [0.15, 0.2) is 60.7 Å². The maximum absolute atomic E-state index is 13.8. The Balaban J connectivity index is 1.47. The SMILES string of the molecule is CC1(C)OB([C@H](CCCc2ccccc2)NC(=O)[C@@H](CC(=O)N2CCOCC2)NC(=O)OCc2ccccc2)OC1(C)C. The molecular weight excluding hydrogens is 549 g/mol. The molecule has 10 nitrogen and oxygen atoms in total. The Morgan fingerprint density at radius 1 is 0.884 bits per heavy atom. The van der Waals surface area contributed by atoms with Gasteiger partial charge in [0.2, 0.25) is 11.8 Å². The zero-order valence-corrected chi connectivity index (χ0v) is 25.7. The van der Waals surface area contributed by atoms with Gasteiger partial charge in [0.05, 0.1) is 36.8 Å². The van der Waals surface area contributed by atoms with E-state index < -0.39 is 42.3 Å². The first-order chi connectivity index (χ1) is 20.5. The molecule has 0 bridgehead atoms. The van der Waals surface area contributed by atoms with Crippen LogP contribution < -0.4 is 10.6 Å². The number of hydrogen-bond acceptors (Lipinski definition) is 7. The van der Waals surface area contributed by atoms with Gasteiger partial charge in [0.1, 0.15) is 12.6 Å². The van der Waals surface area contributed by atoms with Crippen LogP contribution in [0.25, 0.3) is 0 Å². The fourth-order valence-electron chi connectivity index (χ4n) is 5.02. The van der Waals surface area contributed by atoms with E-state index in [9.17, 15) is 14.4 Å². The number of benzene rings is 2. The zero-order chi connectivity index (χ0) is 30.9. The van der Waals surface area contributed by atoms with E-state index in [-0.39, 0.29) is 18.9 Å². The first-order valence-corrected chi connectivity index (χ1v) is 15.1. The lowest BCUT2D eigenvalue weighted by Gasteiger charge is -2.32. The molecule has 2 atom stereocenters. The van der Waals surface area contributed by atoms with E-state index in [0.29, 0.717) is 32.7 Å². The van der Waals surface area contributed by atoms with Gasteiger partial charge in [-0.1, -0.05) is 60.7 Å². The highest BCUT2D eigenvalue weighted by atomic mass is 16.7. The lowest BCUT2D eigenvalue weighted by Crippen LogP contribution is -2.56. The number of ether oxygens (including phenoxy) is 2. The van der Waals surface area contributed by atoms with E-state index in [1.165, 1.54) is 5.56 Å². The topological polar surface area (TPSA) is 115 Å². The summed E-state index contributed by atoms with van der Waals surface area (Å²) in [5, 5.41) is 5.69. The lowest BCUT2D eigenvalue weighted by atomic mass is 9.75. The molecule has 3 amide bonds. The van der Waals surface area contributed by atoms with Crippen LogP contribution in [-0.2, 0) is 41.4 Å². The minimum absolute atomic E-state index is 0.0362. The average molecular weight is 594 g/mol. The van der Waals surface area contributed by atoms with Gasteiger partial charge >= 0.3 is 13.2 Å². The molecule has 0 unspecified atom stereocenters. The summed E-state index contributed by atoms with van der Waals surface area (Å²) in [4.78, 5) is 41.4. The summed E-state index contributed by atoms with van der Waals surface area (Å²) >= 11 is 0. The van der Waals surface area contributed by atoms with Gasteiger partial charge in [-0.2, -0.15) is 0 Å². The minimum atomic E-state index is -1.15. The third kappa shape index (κ3) is 9.29. The second kappa shape index (κ2) is 14.9. The summed E-state index contributed by atoms with van der Waals surface area (Å²) in [6, 6.07) is 18.2. The van der Waals surface area contributed by atoms with Crippen molar-refractivity contribution in [1.29, 1.82) is 0 Å². The Hall–Kier alpha value is -3.41. The highest BCUT2D eigenvalue weighted by Crippen LogP contribution is 2.38. The van der Waals surface area contributed by atoms with Gasteiger partial charge in [-0.15, -0.1) is 0 Å². The summed E-state index contributed by atoms with van der Waals surface area (Å²) in [5.74, 6) is -1.26. The van der Waals surface area contributed by atoms with Crippen LogP contribution in [0.5, 0.6) is 0 Å². The number of alkyl carbamates (subject to hydrolysis) is 1. The highest BCUT2D eigenvalue weighted by Gasteiger charge is 2.54. The molecule has 2 aliphatic heterocycles. The van der Waals surface area contributed by atoms with Crippen LogP contribution in [0.1, 0.15) is 58.1 Å². The van der Waals surface area contributed by atoms with Crippen LogP contribution in [0.4, 0.5) is 4.79 Å². The number of carbonyl (C=O) groups is 3. The van der Waals surface area contributed by atoms with E-state index >= 15 is 0 Å². The summed E-state index contributed by atoms with van der Waals surface area (Å²) < 4.78 is 23.4. The summed E-state index contributed by atoms with van der Waals surface area (Å²) in [5.41, 5.74) is 0.817. The molecule has 11 heteroatoms. The second-order valence-electron chi connectivity index (χ2n) is 12.1. The number of amides is 3. The van der Waals surface area contributed by atoms with Crippen LogP contribution >= 0.6 is 0 Å². The van der Waals surface area contributed by atoms with Crippen LogP contribution in [0, 0.1) is 0 Å². The van der Waals surface area contributed by atoms with E-state index in [1.807, 2.05) is 76.2 Å². The molecule has 2 aromatic carbocycles. The quantitative estimate of drug-likeness (QED) is 0.361. The molecule has 43 heavy (non-hydrogen) atoms. The average Bonchev–Trinajstić information content (AvgIpc) is 3.22.